The number of benzene rings is 2. The first-order valence-electron chi connectivity index (χ1n) is 7.78. The van der Waals surface area contributed by atoms with Crippen molar-refractivity contribution in [3.8, 4) is 0 Å². The fraction of sp³-hybridized carbons (Fsp3) is 0.200. The molecule has 0 fully saturated rings. The third kappa shape index (κ3) is 2.61. The van der Waals surface area contributed by atoms with Crippen molar-refractivity contribution in [2.75, 3.05) is 0 Å². The van der Waals surface area contributed by atoms with E-state index < -0.39 is 8.80 Å². The molecule has 0 nitrogen and oxygen atoms in total. The summed E-state index contributed by atoms with van der Waals surface area (Å²) in [6.45, 7) is 2.37. The maximum absolute atomic E-state index is 2.46. The predicted molar refractivity (Wildman–Crippen MR) is 93.8 cm³/mol. The van der Waals surface area contributed by atoms with E-state index in [1.807, 2.05) is 0 Å². The van der Waals surface area contributed by atoms with Crippen LogP contribution in [0.4, 0.5) is 0 Å². The molecule has 2 unspecified atom stereocenters. The molecule has 22 heavy (non-hydrogen) atoms. The molecule has 2 aliphatic rings. The summed E-state index contributed by atoms with van der Waals surface area (Å²) in [5, 5.41) is 0. The van der Waals surface area contributed by atoms with Gasteiger partial charge in [0, 0.05) is 0 Å². The third-order valence-electron chi connectivity index (χ3n) is 4.81. The first kappa shape index (κ1) is 16.0. The van der Waals surface area contributed by atoms with Crippen LogP contribution in [0.3, 0.4) is 0 Å². The molecule has 105 valence electrons. The monoisotopic (exact) mass is 311 g/mol. The van der Waals surface area contributed by atoms with Crippen molar-refractivity contribution in [1.29, 1.82) is 0 Å². The average Bonchev–Trinajstić information content (AvgIpc) is 3.14. The van der Waals surface area contributed by atoms with Gasteiger partial charge < -0.3 is 1.43 Å². The van der Waals surface area contributed by atoms with E-state index in [-0.39, 0.29) is 31.0 Å². The summed E-state index contributed by atoms with van der Waals surface area (Å²) < 4.78 is 0. The van der Waals surface area contributed by atoms with Crippen molar-refractivity contribution in [3.63, 3.8) is 0 Å². The van der Waals surface area contributed by atoms with Crippen LogP contribution in [0.2, 0.25) is 6.04 Å². The van der Waals surface area contributed by atoms with Crippen LogP contribution < -0.4 is 29.6 Å². The van der Waals surface area contributed by atoms with E-state index in [0.29, 0.717) is 11.1 Å². The molecule has 0 N–H and O–H groups in total. The number of rotatable bonds is 3. The van der Waals surface area contributed by atoms with Crippen molar-refractivity contribution in [2.24, 2.45) is 0 Å². The van der Waals surface area contributed by atoms with Crippen LogP contribution in [-0.2, 0) is 0 Å². The van der Waals surface area contributed by atoms with Gasteiger partial charge in [-0.05, 0) is 33.3 Å². The molecule has 2 atom stereocenters. The van der Waals surface area contributed by atoms with Gasteiger partial charge in [-0.1, -0.05) is 85.8 Å². The second-order valence-corrected chi connectivity index (χ2v) is 8.96. The van der Waals surface area contributed by atoms with Gasteiger partial charge in [-0.15, -0.1) is 0 Å². The quantitative estimate of drug-likeness (QED) is 0.763. The van der Waals surface area contributed by atoms with Crippen molar-refractivity contribution in [3.05, 3.63) is 82.9 Å². The van der Waals surface area contributed by atoms with Gasteiger partial charge in [-0.3, -0.25) is 0 Å². The summed E-state index contributed by atoms with van der Waals surface area (Å²) >= 11 is 0. The third-order valence-corrected chi connectivity index (χ3v) is 8.23. The maximum Gasteiger partial charge on any atom is 1.00 e. The largest absolute Gasteiger partial charge is 1.00 e. The summed E-state index contributed by atoms with van der Waals surface area (Å²) in [7, 11) is -0.537. The molecule has 0 aromatic heterocycles. The normalized spacial score (nSPS) is 20.8. The zero-order valence-corrected chi connectivity index (χ0v) is 16.3. The molecular weight excluding hydrogens is 291 g/mol. The first-order valence-corrected chi connectivity index (χ1v) is 9.64. The smallest absolute Gasteiger partial charge is 1.00 e. The van der Waals surface area contributed by atoms with Gasteiger partial charge in [0.25, 0.3) is 0 Å². The molecule has 0 saturated carbocycles. The Labute approximate surface area is 158 Å². The molecule has 0 amide bonds. The second-order valence-electron chi connectivity index (χ2n) is 5.86. The van der Waals surface area contributed by atoms with E-state index in [9.17, 15) is 0 Å². The number of allylic oxidation sites excluding steroid dienone is 2. The molecule has 0 spiro atoms. The van der Waals surface area contributed by atoms with E-state index in [0.717, 1.165) is 0 Å². The first-order chi connectivity index (χ1) is 10.4. The molecule has 2 aromatic rings. The van der Waals surface area contributed by atoms with Gasteiger partial charge in [-0.2, -0.15) is 0 Å². The maximum atomic E-state index is 2.46. The zero-order valence-electron chi connectivity index (χ0n) is 14.3. The van der Waals surface area contributed by atoms with Crippen molar-refractivity contribution < 1.29 is 31.0 Å². The van der Waals surface area contributed by atoms with Gasteiger partial charge in [0.1, 0.15) is 0 Å². The Morgan fingerprint density at radius 3 is 1.73 bits per heavy atom. The van der Waals surface area contributed by atoms with Gasteiger partial charge in [0.05, 0.1) is 8.80 Å². The average molecular weight is 311 g/mol. The molecular formula is C20H20NaSi. The summed E-state index contributed by atoms with van der Waals surface area (Å²) in [6, 6.07) is 19.1. The van der Waals surface area contributed by atoms with Crippen LogP contribution in [-0.4, -0.2) is 8.80 Å². The van der Waals surface area contributed by atoms with E-state index in [4.69, 9.17) is 0 Å². The van der Waals surface area contributed by atoms with Crippen molar-refractivity contribution in [2.45, 2.75) is 24.1 Å². The Balaban J connectivity index is 0.000000960. The Kier molecular flexibility index (Phi) is 4.89. The van der Waals surface area contributed by atoms with Crippen LogP contribution in [0, 0.1) is 0 Å². The number of hydrogen-bond acceptors (Lipinski definition) is 0. The van der Waals surface area contributed by atoms with E-state index in [1.165, 1.54) is 17.2 Å². The molecule has 0 aliphatic heterocycles. The van der Waals surface area contributed by atoms with Crippen LogP contribution in [0.15, 0.2) is 60.7 Å². The van der Waals surface area contributed by atoms with Crippen LogP contribution in [0.1, 0.15) is 41.7 Å². The van der Waals surface area contributed by atoms with Gasteiger partial charge in [0.15, 0.2) is 0 Å². The van der Waals surface area contributed by atoms with Crippen molar-refractivity contribution in [1.82, 2.24) is 0 Å². The van der Waals surface area contributed by atoms with Crippen molar-refractivity contribution >= 4 is 20.9 Å². The van der Waals surface area contributed by atoms with Gasteiger partial charge in [-0.25, -0.2) is 0 Å². The summed E-state index contributed by atoms with van der Waals surface area (Å²) in [5.74, 6) is 0. The van der Waals surface area contributed by atoms with E-state index in [2.05, 4.69) is 79.8 Å². The number of fused-ring (bicyclic) bond motifs is 2. The Bertz CT molecular complexity index is 676. The predicted octanol–water partition coefficient (Wildman–Crippen LogP) is 2.32. The van der Waals surface area contributed by atoms with Crippen LogP contribution >= 0.6 is 0 Å². The topological polar surface area (TPSA) is 0 Å². The molecule has 0 saturated heterocycles. The molecule has 2 aliphatic carbocycles. The van der Waals surface area contributed by atoms with Crippen LogP contribution in [0.25, 0.3) is 12.2 Å². The molecule has 1 radical (unpaired) electrons. The molecule has 0 bridgehead atoms. The Morgan fingerprint density at radius 2 is 1.27 bits per heavy atom. The van der Waals surface area contributed by atoms with Gasteiger partial charge >= 0.3 is 29.6 Å². The van der Waals surface area contributed by atoms with E-state index in [1.54, 1.807) is 11.1 Å². The molecule has 0 heterocycles. The Morgan fingerprint density at radius 1 is 0.818 bits per heavy atom. The van der Waals surface area contributed by atoms with Crippen LogP contribution in [0.5, 0.6) is 0 Å². The van der Waals surface area contributed by atoms with E-state index >= 15 is 0 Å². The fourth-order valence-electron chi connectivity index (χ4n) is 3.78. The number of hydrogen-bond donors (Lipinski definition) is 0. The summed E-state index contributed by atoms with van der Waals surface area (Å²) in [4.78, 5) is 0. The molecule has 4 rings (SSSR count). The minimum absolute atomic E-state index is 0. The molecule has 2 heteroatoms. The summed E-state index contributed by atoms with van der Waals surface area (Å²) in [6.07, 6.45) is 9.56. The summed E-state index contributed by atoms with van der Waals surface area (Å²) in [5.41, 5.74) is 7.24. The van der Waals surface area contributed by atoms with Gasteiger partial charge in [0.2, 0.25) is 0 Å². The second kappa shape index (κ2) is 6.72. The fourth-order valence-corrected chi connectivity index (χ4v) is 7.06. The zero-order chi connectivity index (χ0) is 14.2. The standard InChI is InChI=1S/C20H19Si.Na.H/c1-2-21(19-13-11-15-7-3-5-9-17(15)19)20-14-12-16-8-4-6-10-18(16)20;;/h3-14,19-20H,2H2,1H3;;/q;+1;-1. The minimum atomic E-state index is -0.537. The minimum Gasteiger partial charge on any atom is -1.00 e. The SMILES string of the molecule is CC[Si](C1C=Cc2ccccc21)C1C=Cc2ccccc21.[H-].[Na+]. The Hall–Kier alpha value is -0.863. The molecule has 2 aromatic carbocycles.